The Morgan fingerprint density at radius 1 is 1.00 bits per heavy atom. The molecule has 3 fully saturated rings. The molecule has 3 saturated heterocycles. The fourth-order valence-corrected chi connectivity index (χ4v) is 6.10. The summed E-state index contributed by atoms with van der Waals surface area (Å²) >= 11 is 0. The zero-order valence-corrected chi connectivity index (χ0v) is 21.2. The number of aromatic nitrogens is 2. The molecule has 2 aromatic carbocycles. The molecule has 1 amide bonds. The number of rotatable bonds is 5. The highest BCUT2D eigenvalue weighted by Gasteiger charge is 2.53. The van der Waals surface area contributed by atoms with Gasteiger partial charge in [0.25, 0.3) is 5.91 Å². The van der Waals surface area contributed by atoms with E-state index in [1.54, 1.807) is 24.5 Å². The number of quaternary nitrogens is 1. The van der Waals surface area contributed by atoms with Crippen LogP contribution in [0.5, 0.6) is 0 Å². The molecule has 1 aromatic heterocycles. The first-order valence-corrected chi connectivity index (χ1v) is 12.0. The molecule has 0 unspecified atom stereocenters. The van der Waals surface area contributed by atoms with Crippen LogP contribution >= 0.6 is 0 Å². The number of carbonyl (C=O) groups is 2. The van der Waals surface area contributed by atoms with Gasteiger partial charge in [-0.25, -0.2) is 14.8 Å². The van der Waals surface area contributed by atoms with Gasteiger partial charge in [-0.15, -0.1) is 0 Å². The van der Waals surface area contributed by atoms with Gasteiger partial charge in [-0.2, -0.15) is 0 Å². The second kappa shape index (κ2) is 9.38. The summed E-state index contributed by atoms with van der Waals surface area (Å²) in [4.78, 5) is 34.3. The minimum Gasteiger partial charge on any atom is -1.00 e. The minimum atomic E-state index is -1.84. The molecular weight excluding hydrogens is 524 g/mol. The van der Waals surface area contributed by atoms with Gasteiger partial charge in [-0.1, -0.05) is 48.5 Å². The van der Waals surface area contributed by atoms with E-state index in [1.165, 1.54) is 6.33 Å². The molecule has 0 spiro atoms. The van der Waals surface area contributed by atoms with E-state index in [4.69, 9.17) is 4.74 Å². The van der Waals surface area contributed by atoms with Crippen LogP contribution < -0.4 is 22.3 Å². The van der Waals surface area contributed by atoms with Gasteiger partial charge in [0.2, 0.25) is 5.60 Å². The van der Waals surface area contributed by atoms with Gasteiger partial charge in [0.1, 0.15) is 12.9 Å². The van der Waals surface area contributed by atoms with Crippen molar-refractivity contribution in [1.29, 1.82) is 0 Å². The predicted octanol–water partition coefficient (Wildman–Crippen LogP) is -0.512. The topological polar surface area (TPSA) is 101 Å². The Kier molecular flexibility index (Phi) is 6.40. The van der Waals surface area contributed by atoms with Crippen molar-refractivity contribution in [2.45, 2.75) is 24.5 Å². The first kappa shape index (κ1) is 24.5. The van der Waals surface area contributed by atoms with Gasteiger partial charge in [-0.3, -0.25) is 4.79 Å². The standard InChI is InChI=1S/C27H26N4O4.BrH/c32-25(30-19-13-28-17-29-14-19)16-31-11-9-18(10-12-31)24(15-31)35-26(33)27(34)22-7-3-1-5-20(22)21-6-2-4-8-23(21)27;/h1-8,13-14,17-18,24,34H,9-12,15-16H2;1H/t18?,24-,31?;/m0./s1. The van der Waals surface area contributed by atoms with E-state index in [0.29, 0.717) is 34.4 Å². The Labute approximate surface area is 219 Å². The molecule has 0 saturated carbocycles. The van der Waals surface area contributed by atoms with Crippen LogP contribution in [0.1, 0.15) is 24.0 Å². The number of aliphatic hydroxyl groups is 1. The molecule has 3 aliphatic heterocycles. The van der Waals surface area contributed by atoms with E-state index in [2.05, 4.69) is 15.3 Å². The third-order valence-corrected chi connectivity index (χ3v) is 7.84. The van der Waals surface area contributed by atoms with Crippen LogP contribution in [0.3, 0.4) is 0 Å². The summed E-state index contributed by atoms with van der Waals surface area (Å²) < 4.78 is 6.66. The van der Waals surface area contributed by atoms with Crippen molar-refractivity contribution in [3.8, 4) is 11.1 Å². The summed E-state index contributed by atoms with van der Waals surface area (Å²) in [5.41, 5.74) is 1.53. The van der Waals surface area contributed by atoms with E-state index in [-0.39, 0.29) is 34.9 Å². The first-order valence-electron chi connectivity index (χ1n) is 12.0. The third kappa shape index (κ3) is 4.01. The average molecular weight is 551 g/mol. The van der Waals surface area contributed by atoms with E-state index in [9.17, 15) is 14.7 Å². The molecule has 186 valence electrons. The summed E-state index contributed by atoms with van der Waals surface area (Å²) in [6.07, 6.45) is 5.96. The Morgan fingerprint density at radius 2 is 1.58 bits per heavy atom. The second-order valence-corrected chi connectivity index (χ2v) is 9.89. The number of carbonyl (C=O) groups excluding carboxylic acids is 2. The number of ether oxygens (including phenoxy) is 1. The zero-order valence-electron chi connectivity index (χ0n) is 19.6. The number of fused-ring (bicyclic) bond motifs is 6. The number of nitrogens with one attached hydrogen (secondary N) is 1. The number of amides is 1. The number of halogens is 1. The molecule has 9 heteroatoms. The van der Waals surface area contributed by atoms with Crippen molar-refractivity contribution >= 4 is 17.6 Å². The van der Waals surface area contributed by atoms with Crippen molar-refractivity contribution in [3.05, 3.63) is 78.4 Å². The number of benzene rings is 2. The van der Waals surface area contributed by atoms with Crippen molar-refractivity contribution in [1.82, 2.24) is 9.97 Å². The summed E-state index contributed by atoms with van der Waals surface area (Å²) in [6, 6.07) is 14.9. The van der Waals surface area contributed by atoms with E-state index in [1.807, 2.05) is 36.4 Å². The molecule has 4 aliphatic rings. The van der Waals surface area contributed by atoms with Crippen molar-refractivity contribution < 1.29 is 40.9 Å². The lowest BCUT2D eigenvalue weighted by Crippen LogP contribution is -3.00. The molecule has 2 bridgehead atoms. The minimum absolute atomic E-state index is 0. The highest BCUT2D eigenvalue weighted by molar-refractivity contribution is 5.96. The molecule has 4 heterocycles. The van der Waals surface area contributed by atoms with Gasteiger partial charge in [0.05, 0.1) is 31.2 Å². The maximum absolute atomic E-state index is 13.6. The van der Waals surface area contributed by atoms with Gasteiger partial charge < -0.3 is 36.6 Å². The van der Waals surface area contributed by atoms with Crippen LogP contribution in [-0.4, -0.2) is 63.7 Å². The van der Waals surface area contributed by atoms with E-state index >= 15 is 0 Å². The van der Waals surface area contributed by atoms with Crippen LogP contribution in [0.4, 0.5) is 5.69 Å². The zero-order chi connectivity index (χ0) is 24.0. The Bertz CT molecular complexity index is 1250. The lowest BCUT2D eigenvalue weighted by atomic mass is 9.82. The molecule has 7 rings (SSSR count). The molecule has 3 aromatic rings. The van der Waals surface area contributed by atoms with E-state index in [0.717, 1.165) is 37.1 Å². The lowest BCUT2D eigenvalue weighted by molar-refractivity contribution is -0.939. The molecule has 1 aliphatic carbocycles. The Morgan fingerprint density at radius 3 is 2.19 bits per heavy atom. The molecular formula is C27H27BrN4O4. The van der Waals surface area contributed by atoms with Crippen molar-refractivity contribution in [2.75, 3.05) is 31.5 Å². The van der Waals surface area contributed by atoms with Crippen molar-refractivity contribution in [3.63, 3.8) is 0 Å². The fraction of sp³-hybridized carbons (Fsp3) is 0.333. The highest BCUT2D eigenvalue weighted by Crippen LogP contribution is 2.48. The fourth-order valence-electron chi connectivity index (χ4n) is 6.10. The van der Waals surface area contributed by atoms with Gasteiger partial charge >= 0.3 is 5.97 Å². The molecule has 2 N–H and O–H groups in total. The third-order valence-electron chi connectivity index (χ3n) is 7.84. The smallest absolute Gasteiger partial charge is 0.348 e. The molecule has 0 radical (unpaired) electrons. The maximum atomic E-state index is 13.6. The lowest BCUT2D eigenvalue weighted by Gasteiger charge is -2.51. The number of hydrogen-bond donors (Lipinski definition) is 2. The molecule has 8 nitrogen and oxygen atoms in total. The van der Waals surface area contributed by atoms with Crippen molar-refractivity contribution in [2.24, 2.45) is 5.92 Å². The summed E-state index contributed by atoms with van der Waals surface area (Å²) in [7, 11) is 0. The van der Waals surface area contributed by atoms with Crippen LogP contribution in [-0.2, 0) is 19.9 Å². The largest absolute Gasteiger partial charge is 1.00 e. The maximum Gasteiger partial charge on any atom is 0.348 e. The number of hydrogen-bond acceptors (Lipinski definition) is 6. The van der Waals surface area contributed by atoms with Gasteiger partial charge in [0, 0.05) is 29.9 Å². The number of nitrogens with zero attached hydrogens (tertiary/aromatic N) is 3. The van der Waals surface area contributed by atoms with Gasteiger partial charge in [-0.05, 0) is 11.1 Å². The number of piperidine rings is 3. The second-order valence-electron chi connectivity index (χ2n) is 9.89. The first-order chi connectivity index (χ1) is 17.0. The monoisotopic (exact) mass is 550 g/mol. The van der Waals surface area contributed by atoms with Crippen LogP contribution in [0.2, 0.25) is 0 Å². The van der Waals surface area contributed by atoms with Crippen LogP contribution in [0.25, 0.3) is 11.1 Å². The van der Waals surface area contributed by atoms with Crippen LogP contribution in [0.15, 0.2) is 67.3 Å². The molecule has 1 atom stereocenters. The Balaban J connectivity index is 0.00000267. The van der Waals surface area contributed by atoms with Gasteiger partial charge in [0.15, 0.2) is 12.6 Å². The Hall–Kier alpha value is -3.14. The SMILES string of the molecule is O=C(C[N+]12CCC(CC1)[C@@H](OC(=O)C1(O)c3ccccc3-c3ccccc31)C2)Nc1cncnc1.[Br-]. The quantitative estimate of drug-likeness (QED) is 0.327. The predicted molar refractivity (Wildman–Crippen MR) is 128 cm³/mol. The number of anilines is 1. The highest BCUT2D eigenvalue weighted by atomic mass is 79.9. The summed E-state index contributed by atoms with van der Waals surface area (Å²) in [5.74, 6) is -0.514. The van der Waals surface area contributed by atoms with Crippen LogP contribution in [0, 0.1) is 5.92 Å². The number of esters is 1. The summed E-state index contributed by atoms with van der Waals surface area (Å²) in [5, 5.41) is 14.6. The summed E-state index contributed by atoms with van der Waals surface area (Å²) in [6.45, 7) is 2.60. The van der Waals surface area contributed by atoms with E-state index < -0.39 is 11.6 Å². The average Bonchev–Trinajstić information content (AvgIpc) is 3.15. The normalized spacial score (nSPS) is 24.7. The molecule has 36 heavy (non-hydrogen) atoms.